The van der Waals surface area contributed by atoms with E-state index in [1.807, 2.05) is 0 Å². The van der Waals surface area contributed by atoms with E-state index >= 15 is 0 Å². The summed E-state index contributed by atoms with van der Waals surface area (Å²) >= 11 is 0. The minimum Gasteiger partial charge on any atom is -0.497 e. The van der Waals surface area contributed by atoms with Gasteiger partial charge < -0.3 is 19.2 Å². The van der Waals surface area contributed by atoms with Crippen molar-refractivity contribution >= 4 is 22.7 Å². The molecule has 9 heteroatoms. The van der Waals surface area contributed by atoms with Crippen LogP contribution in [0.4, 0.5) is 14.5 Å². The first-order chi connectivity index (χ1) is 15.9. The summed E-state index contributed by atoms with van der Waals surface area (Å²) in [6, 6.07) is 18.1. The summed E-state index contributed by atoms with van der Waals surface area (Å²) in [4.78, 5) is 24.6. The van der Waals surface area contributed by atoms with E-state index in [0.29, 0.717) is 33.7 Å². The quantitative estimate of drug-likeness (QED) is 0.410. The van der Waals surface area contributed by atoms with E-state index in [-0.39, 0.29) is 24.6 Å². The van der Waals surface area contributed by atoms with Gasteiger partial charge in [-0.15, -0.1) is 0 Å². The number of aromatic nitrogens is 1. The molecular weight excluding hydrogens is 434 g/mol. The number of halogens is 2. The van der Waals surface area contributed by atoms with Crippen LogP contribution in [0.15, 0.2) is 75.9 Å². The Kier molecular flexibility index (Phi) is 6.39. The lowest BCUT2D eigenvalue weighted by atomic mass is 10.0. The number of oxazole rings is 1. The van der Waals surface area contributed by atoms with Crippen molar-refractivity contribution in [1.82, 2.24) is 4.57 Å². The number of methoxy groups -OCH3 is 1. The summed E-state index contributed by atoms with van der Waals surface area (Å²) in [7, 11) is 1.52. The van der Waals surface area contributed by atoms with Crippen molar-refractivity contribution in [1.29, 1.82) is 0 Å². The number of hydrogen-bond acceptors (Lipinski definition) is 5. The average Bonchev–Trinajstić information content (AvgIpc) is 3.13. The van der Waals surface area contributed by atoms with Crippen LogP contribution in [0.3, 0.4) is 0 Å². The van der Waals surface area contributed by atoms with Gasteiger partial charge in [0.15, 0.2) is 5.58 Å². The predicted octanol–water partition coefficient (Wildman–Crippen LogP) is 4.90. The number of nitrogens with zero attached hydrogens (tertiary/aromatic N) is 1. The van der Waals surface area contributed by atoms with Gasteiger partial charge in [0.25, 0.3) is 0 Å². The third-order valence-electron chi connectivity index (χ3n) is 5.02. The fourth-order valence-electron chi connectivity index (χ4n) is 3.47. The lowest BCUT2D eigenvalue weighted by Gasteiger charge is -2.14. The van der Waals surface area contributed by atoms with E-state index in [1.165, 1.54) is 23.8 Å². The number of rotatable bonds is 8. The highest BCUT2D eigenvalue weighted by Crippen LogP contribution is 2.34. The van der Waals surface area contributed by atoms with E-state index in [4.69, 9.17) is 9.15 Å². The number of ether oxygens (including phenoxy) is 2. The molecule has 0 aliphatic heterocycles. The number of benzene rings is 3. The Hall–Kier alpha value is -4.14. The van der Waals surface area contributed by atoms with Crippen LogP contribution < -0.4 is 20.5 Å². The molecule has 0 spiro atoms. The number of nitrogens with one attached hydrogen (secondary N) is 1. The Balaban J connectivity index is 1.52. The molecule has 1 aromatic heterocycles. The van der Waals surface area contributed by atoms with Crippen molar-refractivity contribution in [3.05, 3.63) is 77.3 Å². The van der Waals surface area contributed by atoms with Crippen molar-refractivity contribution in [2.75, 3.05) is 12.4 Å². The molecule has 1 amide bonds. The first kappa shape index (κ1) is 22.1. The molecule has 0 atom stereocenters. The van der Waals surface area contributed by atoms with Gasteiger partial charge >= 0.3 is 12.4 Å². The average molecular weight is 454 g/mol. The van der Waals surface area contributed by atoms with Gasteiger partial charge in [-0.1, -0.05) is 24.3 Å². The molecule has 0 aliphatic carbocycles. The maximum Gasteiger partial charge on any atom is 0.419 e. The third kappa shape index (κ3) is 5.03. The Morgan fingerprint density at radius 3 is 2.58 bits per heavy atom. The van der Waals surface area contributed by atoms with Gasteiger partial charge in [-0.2, -0.15) is 8.78 Å². The maximum atomic E-state index is 12.9. The fraction of sp³-hybridized carbons (Fsp3) is 0.167. The summed E-state index contributed by atoms with van der Waals surface area (Å²) in [6.07, 6.45) is 0.0105. The Labute approximate surface area is 187 Å². The first-order valence-corrected chi connectivity index (χ1v) is 10.1. The minimum atomic E-state index is -2.99. The van der Waals surface area contributed by atoms with Crippen LogP contribution in [-0.2, 0) is 11.3 Å². The second kappa shape index (κ2) is 9.56. The summed E-state index contributed by atoms with van der Waals surface area (Å²) in [6.45, 7) is -2.87. The zero-order valence-corrected chi connectivity index (χ0v) is 17.6. The largest absolute Gasteiger partial charge is 0.497 e. The number of hydrogen-bond donors (Lipinski definition) is 1. The minimum absolute atomic E-state index is 0.0105. The number of amides is 1. The predicted molar refractivity (Wildman–Crippen MR) is 119 cm³/mol. The maximum absolute atomic E-state index is 12.9. The Morgan fingerprint density at radius 1 is 1.09 bits per heavy atom. The molecule has 0 saturated carbocycles. The number of alkyl halides is 2. The topological polar surface area (TPSA) is 82.7 Å². The van der Waals surface area contributed by atoms with Crippen LogP contribution in [0.5, 0.6) is 11.5 Å². The van der Waals surface area contributed by atoms with Gasteiger partial charge in [0.1, 0.15) is 11.5 Å². The molecule has 0 radical (unpaired) electrons. The number of carbonyl (C=O) groups excluding carboxylic acids is 1. The summed E-state index contributed by atoms with van der Waals surface area (Å²) in [5, 5.41) is 2.73. The van der Waals surface area contributed by atoms with Crippen LogP contribution in [0.1, 0.15) is 6.42 Å². The molecule has 0 aliphatic rings. The molecule has 1 heterocycles. The SMILES string of the molecule is COc1ccc(-c2cc(NC(=O)CCn3c(=O)oc4ccccc43)ccc2OC(F)F)cc1. The van der Waals surface area contributed by atoms with Crippen molar-refractivity contribution in [2.24, 2.45) is 0 Å². The number of carbonyl (C=O) groups is 1. The molecule has 170 valence electrons. The Morgan fingerprint density at radius 2 is 1.85 bits per heavy atom. The zero-order valence-electron chi connectivity index (χ0n) is 17.6. The van der Waals surface area contributed by atoms with Crippen molar-refractivity contribution in [3.8, 4) is 22.6 Å². The number of anilines is 1. The molecule has 1 N–H and O–H groups in total. The van der Waals surface area contributed by atoms with Gasteiger partial charge in [0.2, 0.25) is 5.91 Å². The number of fused-ring (bicyclic) bond motifs is 1. The van der Waals surface area contributed by atoms with Crippen LogP contribution >= 0.6 is 0 Å². The lowest BCUT2D eigenvalue weighted by Crippen LogP contribution is -2.19. The monoisotopic (exact) mass is 454 g/mol. The van der Waals surface area contributed by atoms with Crippen LogP contribution in [0, 0.1) is 0 Å². The van der Waals surface area contributed by atoms with Gasteiger partial charge in [-0.3, -0.25) is 9.36 Å². The van der Waals surface area contributed by atoms with E-state index in [1.54, 1.807) is 54.6 Å². The molecule has 3 aromatic carbocycles. The Bertz CT molecular complexity index is 1330. The molecular formula is C24H20F2N2O5. The van der Waals surface area contributed by atoms with E-state index in [9.17, 15) is 18.4 Å². The molecule has 4 aromatic rings. The smallest absolute Gasteiger partial charge is 0.419 e. The fourth-order valence-corrected chi connectivity index (χ4v) is 3.47. The third-order valence-corrected chi connectivity index (χ3v) is 5.02. The molecule has 33 heavy (non-hydrogen) atoms. The van der Waals surface area contributed by atoms with Crippen LogP contribution in [0.2, 0.25) is 0 Å². The lowest BCUT2D eigenvalue weighted by molar-refractivity contribution is -0.116. The van der Waals surface area contributed by atoms with Gasteiger partial charge in [0.05, 0.1) is 12.6 Å². The molecule has 0 bridgehead atoms. The van der Waals surface area contributed by atoms with Gasteiger partial charge in [-0.05, 0) is 48.0 Å². The van der Waals surface area contributed by atoms with Crippen LogP contribution in [-0.4, -0.2) is 24.2 Å². The van der Waals surface area contributed by atoms with Crippen molar-refractivity contribution in [2.45, 2.75) is 19.6 Å². The molecule has 7 nitrogen and oxygen atoms in total. The van der Waals surface area contributed by atoms with E-state index in [0.717, 1.165) is 0 Å². The molecule has 0 fully saturated rings. The second-order valence-corrected chi connectivity index (χ2v) is 7.10. The highest BCUT2D eigenvalue weighted by Gasteiger charge is 2.15. The first-order valence-electron chi connectivity index (χ1n) is 10.1. The number of para-hydroxylation sites is 2. The second-order valence-electron chi connectivity index (χ2n) is 7.10. The number of aryl methyl sites for hydroxylation is 1. The standard InChI is InChI=1S/C24H20F2N2O5/c1-31-17-9-6-15(7-10-17)18-14-16(8-11-20(18)32-23(25)26)27-22(29)12-13-28-19-4-2-3-5-21(19)33-24(28)30/h2-11,14,23H,12-13H2,1H3,(H,27,29). The van der Waals surface area contributed by atoms with Crippen molar-refractivity contribution in [3.63, 3.8) is 0 Å². The van der Waals surface area contributed by atoms with Gasteiger partial charge in [-0.25, -0.2) is 4.79 Å². The molecule has 0 saturated heterocycles. The normalized spacial score (nSPS) is 11.0. The highest BCUT2D eigenvalue weighted by atomic mass is 19.3. The summed E-state index contributed by atoms with van der Waals surface area (Å²) < 4.78 is 42.1. The molecule has 0 unspecified atom stereocenters. The van der Waals surface area contributed by atoms with Crippen molar-refractivity contribution < 1.29 is 27.5 Å². The zero-order chi connectivity index (χ0) is 23.4. The van der Waals surface area contributed by atoms with E-state index < -0.39 is 12.4 Å². The van der Waals surface area contributed by atoms with Gasteiger partial charge in [0, 0.05) is 24.2 Å². The molecule has 4 rings (SSSR count). The van der Waals surface area contributed by atoms with E-state index in [2.05, 4.69) is 10.1 Å². The summed E-state index contributed by atoms with van der Waals surface area (Å²) in [5.41, 5.74) is 2.44. The summed E-state index contributed by atoms with van der Waals surface area (Å²) in [5.74, 6) is -0.305. The van der Waals surface area contributed by atoms with Crippen LogP contribution in [0.25, 0.3) is 22.2 Å². The highest BCUT2D eigenvalue weighted by molar-refractivity contribution is 5.92.